The number of benzene rings is 1. The molecule has 0 heterocycles. The highest BCUT2D eigenvalue weighted by Gasteiger charge is 2.19. The van der Waals surface area contributed by atoms with Crippen molar-refractivity contribution in [3.63, 3.8) is 0 Å². The van der Waals surface area contributed by atoms with Crippen LogP contribution in [0.2, 0.25) is 5.02 Å². The molecule has 0 aliphatic heterocycles. The number of carbonyl (C=O) groups is 1. The van der Waals surface area contributed by atoms with Gasteiger partial charge in [0.15, 0.2) is 0 Å². The van der Waals surface area contributed by atoms with Crippen molar-refractivity contribution in [1.29, 1.82) is 0 Å². The van der Waals surface area contributed by atoms with Gasteiger partial charge < -0.3 is 15.8 Å². The average Bonchev–Trinajstić information content (AvgIpc) is 2.40. The van der Waals surface area contributed by atoms with Gasteiger partial charge in [0, 0.05) is 17.5 Å². The average molecular weight is 313 g/mol. The van der Waals surface area contributed by atoms with Crippen molar-refractivity contribution >= 4 is 23.2 Å². The highest BCUT2D eigenvalue weighted by Crippen LogP contribution is 2.31. The first-order valence-electron chi connectivity index (χ1n) is 7.13. The monoisotopic (exact) mass is 312 g/mol. The van der Waals surface area contributed by atoms with Gasteiger partial charge in [0.2, 0.25) is 5.91 Å². The third-order valence-corrected chi connectivity index (χ3v) is 4.01. The van der Waals surface area contributed by atoms with E-state index in [2.05, 4.69) is 19.2 Å². The predicted molar refractivity (Wildman–Crippen MR) is 88.1 cm³/mol. The molecule has 0 bridgehead atoms. The van der Waals surface area contributed by atoms with E-state index >= 15 is 0 Å². The zero-order valence-electron chi connectivity index (χ0n) is 13.3. The molecule has 21 heavy (non-hydrogen) atoms. The molecule has 5 heteroatoms. The van der Waals surface area contributed by atoms with E-state index in [1.165, 1.54) is 0 Å². The molecule has 1 amide bonds. The molecular formula is C16H25ClN2O2. The van der Waals surface area contributed by atoms with Crippen molar-refractivity contribution in [2.75, 3.05) is 19.0 Å². The molecule has 0 saturated heterocycles. The predicted octanol–water partition coefficient (Wildman–Crippen LogP) is 3.75. The molecule has 3 N–H and O–H groups in total. The molecular weight excluding hydrogens is 288 g/mol. The molecule has 1 rings (SSSR count). The lowest BCUT2D eigenvalue weighted by Gasteiger charge is -2.23. The Kier molecular flexibility index (Phi) is 6.49. The van der Waals surface area contributed by atoms with Crippen LogP contribution in [0.25, 0.3) is 0 Å². The number of hydrogen-bond acceptors (Lipinski definition) is 3. The Bertz CT molecular complexity index is 501. The molecule has 0 atom stereocenters. The lowest BCUT2D eigenvalue weighted by Crippen LogP contribution is -2.20. The van der Waals surface area contributed by atoms with Crippen LogP contribution < -0.4 is 15.8 Å². The van der Waals surface area contributed by atoms with Gasteiger partial charge in [0.05, 0.1) is 12.8 Å². The number of hydrogen-bond donors (Lipinski definition) is 2. The van der Waals surface area contributed by atoms with Crippen LogP contribution in [0.4, 0.5) is 5.69 Å². The molecule has 1 aromatic carbocycles. The molecule has 118 valence electrons. The minimum atomic E-state index is -0.0277. The van der Waals surface area contributed by atoms with Crippen LogP contribution >= 0.6 is 11.6 Å². The maximum Gasteiger partial charge on any atom is 0.224 e. The molecule has 0 saturated carbocycles. The fraction of sp³-hybridized carbons (Fsp3) is 0.562. The summed E-state index contributed by atoms with van der Waals surface area (Å²) in [7, 11) is 1.56. The van der Waals surface area contributed by atoms with E-state index in [0.717, 1.165) is 18.4 Å². The van der Waals surface area contributed by atoms with Crippen molar-refractivity contribution < 1.29 is 9.53 Å². The standard InChI is InChI=1S/C16H25ClN2O2/c1-11-9-13(14(21-4)10-12(11)17)19-15(20)5-6-16(2,3)7-8-18/h9-10H,5-8,18H2,1-4H3,(H,19,20). The quantitative estimate of drug-likeness (QED) is 0.806. The number of rotatable bonds is 7. The summed E-state index contributed by atoms with van der Waals surface area (Å²) in [6.07, 6.45) is 2.16. The van der Waals surface area contributed by atoms with Crippen LogP contribution in [0.3, 0.4) is 0 Å². The summed E-state index contributed by atoms with van der Waals surface area (Å²) in [5, 5.41) is 3.51. The Labute approximate surface area is 132 Å². The minimum Gasteiger partial charge on any atom is -0.495 e. The van der Waals surface area contributed by atoms with Crippen LogP contribution in [0.15, 0.2) is 12.1 Å². The lowest BCUT2D eigenvalue weighted by molar-refractivity contribution is -0.116. The number of aryl methyl sites for hydroxylation is 1. The Morgan fingerprint density at radius 2 is 2.05 bits per heavy atom. The molecule has 0 aliphatic rings. The number of nitrogens with two attached hydrogens (primary N) is 1. The molecule has 1 aromatic rings. The van der Waals surface area contributed by atoms with E-state index in [0.29, 0.717) is 29.4 Å². The number of ether oxygens (including phenoxy) is 1. The third kappa shape index (κ3) is 5.56. The van der Waals surface area contributed by atoms with Gasteiger partial charge in [-0.25, -0.2) is 0 Å². The minimum absolute atomic E-state index is 0.0277. The zero-order chi connectivity index (χ0) is 16.0. The second-order valence-corrected chi connectivity index (χ2v) is 6.46. The molecule has 0 unspecified atom stereocenters. The number of nitrogens with one attached hydrogen (secondary N) is 1. The topological polar surface area (TPSA) is 64.3 Å². The Hall–Kier alpha value is -1.26. The Balaban J connectivity index is 2.69. The summed E-state index contributed by atoms with van der Waals surface area (Å²) in [6.45, 7) is 6.78. The van der Waals surface area contributed by atoms with Gasteiger partial charge in [0.1, 0.15) is 5.75 Å². The number of halogens is 1. The summed E-state index contributed by atoms with van der Waals surface area (Å²) >= 11 is 6.05. The van der Waals surface area contributed by atoms with E-state index in [-0.39, 0.29) is 11.3 Å². The number of carbonyl (C=O) groups excluding carboxylic acids is 1. The maximum absolute atomic E-state index is 12.1. The fourth-order valence-corrected chi connectivity index (χ4v) is 2.26. The highest BCUT2D eigenvalue weighted by atomic mass is 35.5. The van der Waals surface area contributed by atoms with Crippen LogP contribution in [0.1, 0.15) is 38.7 Å². The second kappa shape index (κ2) is 7.66. The van der Waals surface area contributed by atoms with Gasteiger partial charge >= 0.3 is 0 Å². The van der Waals surface area contributed by atoms with Gasteiger partial charge in [-0.3, -0.25) is 4.79 Å². The number of anilines is 1. The lowest BCUT2D eigenvalue weighted by atomic mass is 9.84. The largest absolute Gasteiger partial charge is 0.495 e. The van der Waals surface area contributed by atoms with Crippen molar-refractivity contribution in [3.05, 3.63) is 22.7 Å². The van der Waals surface area contributed by atoms with Gasteiger partial charge in [-0.1, -0.05) is 25.4 Å². The van der Waals surface area contributed by atoms with Crippen molar-refractivity contribution in [3.8, 4) is 5.75 Å². The summed E-state index contributed by atoms with van der Waals surface area (Å²) in [6, 6.07) is 3.54. The van der Waals surface area contributed by atoms with Crippen LogP contribution in [0, 0.1) is 12.3 Å². The summed E-state index contributed by atoms with van der Waals surface area (Å²) in [5.41, 5.74) is 7.21. The summed E-state index contributed by atoms with van der Waals surface area (Å²) in [5.74, 6) is 0.542. The van der Waals surface area contributed by atoms with E-state index in [1.54, 1.807) is 13.2 Å². The van der Waals surface area contributed by atoms with Crippen LogP contribution in [-0.4, -0.2) is 19.6 Å². The SMILES string of the molecule is COc1cc(Cl)c(C)cc1NC(=O)CCC(C)(C)CCN. The van der Waals surface area contributed by atoms with E-state index in [9.17, 15) is 4.79 Å². The van der Waals surface area contributed by atoms with Gasteiger partial charge in [-0.05, 0) is 43.4 Å². The van der Waals surface area contributed by atoms with E-state index in [4.69, 9.17) is 22.1 Å². The van der Waals surface area contributed by atoms with Gasteiger partial charge in [-0.2, -0.15) is 0 Å². The first kappa shape index (κ1) is 17.8. The zero-order valence-corrected chi connectivity index (χ0v) is 14.0. The fourth-order valence-electron chi connectivity index (χ4n) is 2.11. The van der Waals surface area contributed by atoms with Gasteiger partial charge in [0.25, 0.3) is 0 Å². The molecule has 0 spiro atoms. The Morgan fingerprint density at radius 1 is 1.38 bits per heavy atom. The molecule has 0 aromatic heterocycles. The van der Waals surface area contributed by atoms with Crippen molar-refractivity contribution in [2.24, 2.45) is 11.1 Å². The Morgan fingerprint density at radius 3 is 2.62 bits per heavy atom. The van der Waals surface area contributed by atoms with Crippen LogP contribution in [0.5, 0.6) is 5.75 Å². The molecule has 0 aliphatic carbocycles. The van der Waals surface area contributed by atoms with E-state index in [1.807, 2.05) is 13.0 Å². The number of amides is 1. The van der Waals surface area contributed by atoms with Crippen molar-refractivity contribution in [1.82, 2.24) is 0 Å². The van der Waals surface area contributed by atoms with Crippen LogP contribution in [-0.2, 0) is 4.79 Å². The first-order chi connectivity index (χ1) is 9.79. The summed E-state index contributed by atoms with van der Waals surface area (Å²) in [4.78, 5) is 12.1. The summed E-state index contributed by atoms with van der Waals surface area (Å²) < 4.78 is 5.25. The molecule has 0 fully saturated rings. The molecule has 0 radical (unpaired) electrons. The van der Waals surface area contributed by atoms with Crippen molar-refractivity contribution in [2.45, 2.75) is 40.0 Å². The molecule has 4 nitrogen and oxygen atoms in total. The first-order valence-corrected chi connectivity index (χ1v) is 7.51. The van der Waals surface area contributed by atoms with E-state index < -0.39 is 0 Å². The smallest absolute Gasteiger partial charge is 0.224 e. The normalized spacial score (nSPS) is 11.3. The maximum atomic E-state index is 12.1. The highest BCUT2D eigenvalue weighted by molar-refractivity contribution is 6.31. The van der Waals surface area contributed by atoms with Gasteiger partial charge in [-0.15, -0.1) is 0 Å². The second-order valence-electron chi connectivity index (χ2n) is 6.05. The number of methoxy groups -OCH3 is 1. The third-order valence-electron chi connectivity index (χ3n) is 3.60.